The molecule has 0 aliphatic heterocycles. The van der Waals surface area contributed by atoms with E-state index in [1.165, 1.54) is 24.8 Å². The molecule has 0 amide bonds. The first kappa shape index (κ1) is 11.5. The molecule has 70 valence electrons. The second-order valence-electron chi connectivity index (χ2n) is 3.59. The van der Waals surface area contributed by atoms with Crippen LogP contribution in [0.5, 0.6) is 0 Å². The van der Waals surface area contributed by atoms with Crippen LogP contribution in [0.25, 0.3) is 0 Å². The molecular formula is C12H22. The summed E-state index contributed by atoms with van der Waals surface area (Å²) in [6.45, 7) is 8.75. The zero-order valence-electron chi connectivity index (χ0n) is 8.93. The fraction of sp³-hybridized carbons (Fsp3) is 0.667. The molecule has 0 aromatic rings. The molecule has 0 aliphatic rings. The van der Waals surface area contributed by atoms with Crippen molar-refractivity contribution in [2.75, 3.05) is 0 Å². The van der Waals surface area contributed by atoms with Gasteiger partial charge in [0.2, 0.25) is 0 Å². The van der Waals surface area contributed by atoms with Crippen LogP contribution in [0.3, 0.4) is 0 Å². The predicted octanol–water partition coefficient (Wildman–Crippen LogP) is 4.34. The standard InChI is InChI=1S/C12H22/c1-5-7-8-9-12(4)10-11(3)6-2/h5-7,12H,8-10H2,1-4H3. The molecule has 0 bridgehead atoms. The summed E-state index contributed by atoms with van der Waals surface area (Å²) in [5, 5.41) is 0. The van der Waals surface area contributed by atoms with Gasteiger partial charge in [0.15, 0.2) is 0 Å². The first-order valence-corrected chi connectivity index (χ1v) is 4.93. The number of allylic oxidation sites excluding steroid dienone is 4. The normalized spacial score (nSPS) is 15.5. The van der Waals surface area contributed by atoms with Gasteiger partial charge in [0.05, 0.1) is 0 Å². The van der Waals surface area contributed by atoms with Gasteiger partial charge in [0, 0.05) is 0 Å². The van der Waals surface area contributed by atoms with Gasteiger partial charge in [0.25, 0.3) is 0 Å². The predicted molar refractivity (Wildman–Crippen MR) is 57.3 cm³/mol. The zero-order valence-corrected chi connectivity index (χ0v) is 8.93. The van der Waals surface area contributed by atoms with E-state index in [4.69, 9.17) is 0 Å². The lowest BCUT2D eigenvalue weighted by Crippen LogP contribution is -1.94. The van der Waals surface area contributed by atoms with Crippen molar-refractivity contribution in [3.8, 4) is 0 Å². The molecule has 0 heterocycles. The summed E-state index contributed by atoms with van der Waals surface area (Å²) in [4.78, 5) is 0. The van der Waals surface area contributed by atoms with E-state index in [9.17, 15) is 0 Å². The molecular weight excluding hydrogens is 144 g/mol. The maximum Gasteiger partial charge on any atom is -0.0297 e. The number of rotatable bonds is 5. The van der Waals surface area contributed by atoms with Crippen LogP contribution in [0.4, 0.5) is 0 Å². The molecule has 1 unspecified atom stereocenters. The lowest BCUT2D eigenvalue weighted by molar-refractivity contribution is 0.533. The van der Waals surface area contributed by atoms with Gasteiger partial charge in [-0.3, -0.25) is 0 Å². The van der Waals surface area contributed by atoms with Crippen LogP contribution < -0.4 is 0 Å². The summed E-state index contributed by atoms with van der Waals surface area (Å²) in [5.74, 6) is 0.831. The largest absolute Gasteiger partial charge is 0.0917 e. The van der Waals surface area contributed by atoms with Crippen molar-refractivity contribution in [3.63, 3.8) is 0 Å². The van der Waals surface area contributed by atoms with Crippen molar-refractivity contribution in [1.29, 1.82) is 0 Å². The lowest BCUT2D eigenvalue weighted by Gasteiger charge is -2.09. The number of hydrogen-bond donors (Lipinski definition) is 0. The molecule has 0 N–H and O–H groups in total. The van der Waals surface area contributed by atoms with Gasteiger partial charge < -0.3 is 0 Å². The monoisotopic (exact) mass is 166 g/mol. The summed E-state index contributed by atoms with van der Waals surface area (Å²) in [5.41, 5.74) is 1.52. The highest BCUT2D eigenvalue weighted by atomic mass is 14.1. The van der Waals surface area contributed by atoms with Crippen LogP contribution in [0, 0.1) is 5.92 Å². The zero-order chi connectivity index (χ0) is 9.40. The summed E-state index contributed by atoms with van der Waals surface area (Å²) in [6.07, 6.45) is 10.4. The van der Waals surface area contributed by atoms with Crippen molar-refractivity contribution in [2.45, 2.75) is 47.0 Å². The number of hydrogen-bond acceptors (Lipinski definition) is 0. The molecule has 0 heteroatoms. The highest BCUT2D eigenvalue weighted by molar-refractivity contribution is 4.96. The molecule has 0 nitrogen and oxygen atoms in total. The van der Waals surface area contributed by atoms with Crippen molar-refractivity contribution in [1.82, 2.24) is 0 Å². The van der Waals surface area contributed by atoms with Crippen molar-refractivity contribution < 1.29 is 0 Å². The third kappa shape index (κ3) is 6.21. The average Bonchev–Trinajstić information content (AvgIpc) is 2.05. The minimum Gasteiger partial charge on any atom is -0.0917 e. The average molecular weight is 166 g/mol. The molecule has 1 atom stereocenters. The van der Waals surface area contributed by atoms with Crippen molar-refractivity contribution in [3.05, 3.63) is 23.8 Å². The van der Waals surface area contributed by atoms with Crippen LogP contribution in [-0.2, 0) is 0 Å². The van der Waals surface area contributed by atoms with Crippen LogP contribution >= 0.6 is 0 Å². The van der Waals surface area contributed by atoms with E-state index >= 15 is 0 Å². The topological polar surface area (TPSA) is 0 Å². The van der Waals surface area contributed by atoms with Crippen LogP contribution in [0.15, 0.2) is 23.8 Å². The molecule has 0 aromatic heterocycles. The van der Waals surface area contributed by atoms with Crippen LogP contribution in [0.1, 0.15) is 47.0 Å². The fourth-order valence-electron chi connectivity index (χ4n) is 1.32. The Morgan fingerprint density at radius 1 is 1.33 bits per heavy atom. The van der Waals surface area contributed by atoms with Crippen LogP contribution in [0.2, 0.25) is 0 Å². The summed E-state index contributed by atoms with van der Waals surface area (Å²) in [6, 6.07) is 0. The first-order chi connectivity index (χ1) is 5.70. The Morgan fingerprint density at radius 2 is 2.00 bits per heavy atom. The second-order valence-corrected chi connectivity index (χ2v) is 3.59. The third-order valence-electron chi connectivity index (χ3n) is 2.23. The van der Waals surface area contributed by atoms with Gasteiger partial charge in [-0.15, -0.1) is 0 Å². The fourth-order valence-corrected chi connectivity index (χ4v) is 1.32. The molecule has 12 heavy (non-hydrogen) atoms. The maximum atomic E-state index is 2.33. The Balaban J connectivity index is 3.52. The molecule has 0 saturated heterocycles. The van der Waals surface area contributed by atoms with Gasteiger partial charge in [-0.25, -0.2) is 0 Å². The van der Waals surface area contributed by atoms with Gasteiger partial charge >= 0.3 is 0 Å². The molecule has 0 fully saturated rings. The minimum atomic E-state index is 0.831. The molecule has 0 aromatic carbocycles. The summed E-state index contributed by atoms with van der Waals surface area (Å²) < 4.78 is 0. The Kier molecular flexibility index (Phi) is 6.84. The minimum absolute atomic E-state index is 0.831. The van der Waals surface area contributed by atoms with E-state index < -0.39 is 0 Å². The van der Waals surface area contributed by atoms with E-state index in [2.05, 4.69) is 45.9 Å². The Morgan fingerprint density at radius 3 is 2.50 bits per heavy atom. The van der Waals surface area contributed by atoms with Gasteiger partial charge in [-0.2, -0.15) is 0 Å². The van der Waals surface area contributed by atoms with E-state index in [0.717, 1.165) is 5.92 Å². The SMILES string of the molecule is CC=CCCC(C)CC(C)=CC. The van der Waals surface area contributed by atoms with Gasteiger partial charge in [0.1, 0.15) is 0 Å². The van der Waals surface area contributed by atoms with Gasteiger partial charge in [-0.05, 0) is 46.0 Å². The van der Waals surface area contributed by atoms with Crippen molar-refractivity contribution in [2.24, 2.45) is 5.92 Å². The third-order valence-corrected chi connectivity index (χ3v) is 2.23. The van der Waals surface area contributed by atoms with E-state index in [1.807, 2.05) is 0 Å². The molecule has 0 radical (unpaired) electrons. The maximum absolute atomic E-state index is 2.33. The molecule has 0 rings (SSSR count). The first-order valence-electron chi connectivity index (χ1n) is 4.93. The van der Waals surface area contributed by atoms with Gasteiger partial charge in [-0.1, -0.05) is 30.7 Å². The second kappa shape index (κ2) is 7.15. The van der Waals surface area contributed by atoms with E-state index in [0.29, 0.717) is 0 Å². The summed E-state index contributed by atoms with van der Waals surface area (Å²) in [7, 11) is 0. The molecule has 0 aliphatic carbocycles. The van der Waals surface area contributed by atoms with E-state index in [-0.39, 0.29) is 0 Å². The highest BCUT2D eigenvalue weighted by Gasteiger charge is 2.00. The molecule has 0 spiro atoms. The van der Waals surface area contributed by atoms with Crippen LogP contribution in [-0.4, -0.2) is 0 Å². The summed E-state index contributed by atoms with van der Waals surface area (Å²) >= 11 is 0. The Hall–Kier alpha value is -0.520. The lowest BCUT2D eigenvalue weighted by atomic mass is 9.97. The van der Waals surface area contributed by atoms with Crippen molar-refractivity contribution >= 4 is 0 Å². The Bertz CT molecular complexity index is 151. The quantitative estimate of drug-likeness (QED) is 0.533. The molecule has 0 saturated carbocycles. The highest BCUT2D eigenvalue weighted by Crippen LogP contribution is 2.15. The van der Waals surface area contributed by atoms with E-state index in [1.54, 1.807) is 0 Å². The smallest absolute Gasteiger partial charge is 0.0297 e. The Labute approximate surface area is 77.4 Å².